The number of anilines is 1. The second kappa shape index (κ2) is 4.52. The van der Waals surface area contributed by atoms with Crippen LogP contribution in [-0.4, -0.2) is 12.4 Å². The molecular formula is C8H7F3N2O2S. The van der Waals surface area contributed by atoms with Gasteiger partial charge in [0.25, 0.3) is 0 Å². The van der Waals surface area contributed by atoms with E-state index < -0.39 is 12.4 Å². The maximum absolute atomic E-state index is 11.8. The number of ether oxygens (including phenoxy) is 1. The fourth-order valence-corrected chi connectivity index (χ4v) is 1.05. The van der Waals surface area contributed by atoms with E-state index in [1.807, 2.05) is 0 Å². The van der Waals surface area contributed by atoms with Crippen molar-refractivity contribution < 1.29 is 22.7 Å². The first-order valence-electron chi connectivity index (χ1n) is 3.94. The van der Waals surface area contributed by atoms with Gasteiger partial charge in [-0.15, -0.1) is 13.2 Å². The van der Waals surface area contributed by atoms with Crippen LogP contribution in [0.25, 0.3) is 0 Å². The molecule has 8 heteroatoms. The molecule has 0 aliphatic rings. The molecule has 4 nitrogen and oxygen atoms in total. The lowest BCUT2D eigenvalue weighted by atomic mass is 10.3. The van der Waals surface area contributed by atoms with Crippen molar-refractivity contribution in [1.82, 2.24) is 0 Å². The third kappa shape index (κ3) is 3.54. The Bertz CT molecular complexity index is 380. The zero-order chi connectivity index (χ0) is 12.3. The first-order chi connectivity index (χ1) is 7.29. The van der Waals surface area contributed by atoms with Gasteiger partial charge in [-0.1, -0.05) is 12.8 Å². The summed E-state index contributed by atoms with van der Waals surface area (Å²) in [5.41, 5.74) is 5.15. The van der Waals surface area contributed by atoms with Crippen LogP contribution in [0.3, 0.4) is 0 Å². The molecule has 0 radical (unpaired) electrons. The van der Waals surface area contributed by atoms with Gasteiger partial charge in [0.15, 0.2) is 0 Å². The van der Waals surface area contributed by atoms with E-state index in [1.54, 1.807) is 0 Å². The number of amides is 2. The minimum Gasteiger partial charge on any atom is -0.406 e. The summed E-state index contributed by atoms with van der Waals surface area (Å²) in [6.45, 7) is 0. The van der Waals surface area contributed by atoms with E-state index in [2.05, 4.69) is 17.6 Å². The Kier molecular flexibility index (Phi) is 3.53. The van der Waals surface area contributed by atoms with Crippen LogP contribution in [0.15, 0.2) is 24.3 Å². The Morgan fingerprint density at radius 2 is 1.81 bits per heavy atom. The number of thiol groups is 1. The topological polar surface area (TPSA) is 55.6 Å². The summed E-state index contributed by atoms with van der Waals surface area (Å²) < 4.78 is 39.8. The number of halogens is 3. The molecule has 0 aromatic heterocycles. The number of carbonyl (C=O) groups excluding carboxylic acids is 1. The molecular weight excluding hydrogens is 245 g/mol. The van der Waals surface area contributed by atoms with Gasteiger partial charge in [0, 0.05) is 0 Å². The maximum Gasteiger partial charge on any atom is 0.573 e. The monoisotopic (exact) mass is 252 g/mol. The van der Waals surface area contributed by atoms with Gasteiger partial charge in [-0.25, -0.2) is 9.10 Å². The fraction of sp³-hybridized carbons (Fsp3) is 0.125. The van der Waals surface area contributed by atoms with Gasteiger partial charge in [-0.2, -0.15) is 0 Å². The lowest BCUT2D eigenvalue weighted by Crippen LogP contribution is -2.27. The predicted octanol–water partition coefficient (Wildman–Crippen LogP) is 2.32. The highest BCUT2D eigenvalue weighted by Crippen LogP contribution is 2.25. The minimum absolute atomic E-state index is 0.241. The molecule has 0 saturated heterocycles. The molecule has 16 heavy (non-hydrogen) atoms. The lowest BCUT2D eigenvalue weighted by molar-refractivity contribution is -0.274. The summed E-state index contributed by atoms with van der Waals surface area (Å²) in [7, 11) is 0. The van der Waals surface area contributed by atoms with Gasteiger partial charge in [-0.05, 0) is 24.3 Å². The third-order valence-corrected chi connectivity index (χ3v) is 1.95. The lowest BCUT2D eigenvalue weighted by Gasteiger charge is -2.13. The van der Waals surface area contributed by atoms with Crippen LogP contribution in [0.2, 0.25) is 0 Å². The number of benzene rings is 1. The molecule has 0 atom stereocenters. The van der Waals surface area contributed by atoms with Crippen LogP contribution >= 0.6 is 12.8 Å². The average Bonchev–Trinajstić information content (AvgIpc) is 2.15. The highest BCUT2D eigenvalue weighted by atomic mass is 32.1. The van der Waals surface area contributed by atoms with E-state index >= 15 is 0 Å². The molecule has 1 aromatic carbocycles. The summed E-state index contributed by atoms with van der Waals surface area (Å²) in [5.74, 6) is -0.387. The van der Waals surface area contributed by atoms with Crippen molar-refractivity contribution in [2.45, 2.75) is 6.36 Å². The fourth-order valence-electron chi connectivity index (χ4n) is 0.916. The third-order valence-electron chi connectivity index (χ3n) is 1.52. The first-order valence-corrected chi connectivity index (χ1v) is 4.34. The van der Waals surface area contributed by atoms with Crippen molar-refractivity contribution in [2.75, 3.05) is 4.31 Å². The summed E-state index contributed by atoms with van der Waals surface area (Å²) in [6.07, 6.45) is -4.74. The van der Waals surface area contributed by atoms with Gasteiger partial charge in [0.2, 0.25) is 0 Å². The summed E-state index contributed by atoms with van der Waals surface area (Å²) >= 11 is 3.73. The quantitative estimate of drug-likeness (QED) is 0.793. The van der Waals surface area contributed by atoms with Crippen LogP contribution in [0.1, 0.15) is 0 Å². The number of rotatable bonds is 2. The molecule has 0 bridgehead atoms. The van der Waals surface area contributed by atoms with E-state index in [1.165, 1.54) is 12.1 Å². The normalized spacial score (nSPS) is 11.0. The van der Waals surface area contributed by atoms with Gasteiger partial charge < -0.3 is 10.5 Å². The molecule has 0 heterocycles. The zero-order valence-electron chi connectivity index (χ0n) is 7.73. The van der Waals surface area contributed by atoms with E-state index in [0.717, 1.165) is 16.4 Å². The van der Waals surface area contributed by atoms with Crippen LogP contribution in [0.5, 0.6) is 5.75 Å². The van der Waals surface area contributed by atoms with Crippen LogP contribution < -0.4 is 14.8 Å². The molecule has 2 amide bonds. The van der Waals surface area contributed by atoms with Crippen molar-refractivity contribution in [1.29, 1.82) is 0 Å². The van der Waals surface area contributed by atoms with Crippen LogP contribution in [0, 0.1) is 0 Å². The Hall–Kier alpha value is -1.57. The van der Waals surface area contributed by atoms with Crippen molar-refractivity contribution in [2.24, 2.45) is 5.73 Å². The van der Waals surface area contributed by atoms with E-state index in [9.17, 15) is 18.0 Å². The van der Waals surface area contributed by atoms with E-state index in [-0.39, 0.29) is 11.4 Å². The number of hydrogen-bond acceptors (Lipinski definition) is 3. The van der Waals surface area contributed by atoms with E-state index in [0.29, 0.717) is 0 Å². The molecule has 88 valence electrons. The largest absolute Gasteiger partial charge is 0.573 e. The number of urea groups is 1. The molecule has 0 aliphatic carbocycles. The second-order valence-electron chi connectivity index (χ2n) is 2.69. The van der Waals surface area contributed by atoms with Crippen molar-refractivity contribution in [3.63, 3.8) is 0 Å². The SMILES string of the molecule is NC(=O)N(S)c1ccc(OC(F)(F)F)cc1. The predicted molar refractivity (Wildman–Crippen MR) is 54.2 cm³/mol. The molecule has 2 N–H and O–H groups in total. The van der Waals surface area contributed by atoms with Crippen LogP contribution in [0.4, 0.5) is 23.7 Å². The van der Waals surface area contributed by atoms with Crippen molar-refractivity contribution >= 4 is 24.5 Å². The Balaban J connectivity index is 2.79. The van der Waals surface area contributed by atoms with Gasteiger partial charge >= 0.3 is 12.4 Å². The second-order valence-corrected chi connectivity index (χ2v) is 3.09. The number of primary amides is 1. The standard InChI is InChI=1S/C8H7F3N2O2S/c9-8(10,11)15-6-3-1-5(2-4-6)13(16)7(12)14/h1-4,16H,(H2,12,14). The molecule has 1 aromatic rings. The van der Waals surface area contributed by atoms with E-state index in [4.69, 9.17) is 5.73 Å². The van der Waals surface area contributed by atoms with Crippen molar-refractivity contribution in [3.8, 4) is 5.75 Å². The molecule has 0 spiro atoms. The molecule has 0 aliphatic heterocycles. The summed E-state index contributed by atoms with van der Waals surface area (Å²) in [4.78, 5) is 10.7. The van der Waals surface area contributed by atoms with Gasteiger partial charge in [0.1, 0.15) is 5.75 Å². The smallest absolute Gasteiger partial charge is 0.406 e. The Morgan fingerprint density at radius 3 is 2.19 bits per heavy atom. The molecule has 0 saturated carbocycles. The number of alkyl halides is 3. The highest BCUT2D eigenvalue weighted by molar-refractivity contribution is 7.82. The highest BCUT2D eigenvalue weighted by Gasteiger charge is 2.31. The van der Waals surface area contributed by atoms with Crippen molar-refractivity contribution in [3.05, 3.63) is 24.3 Å². The molecule has 1 rings (SSSR count). The van der Waals surface area contributed by atoms with Gasteiger partial charge in [-0.3, -0.25) is 0 Å². The number of nitrogens with two attached hydrogens (primary N) is 1. The molecule has 0 fully saturated rings. The van der Waals surface area contributed by atoms with Gasteiger partial charge in [0.05, 0.1) is 5.69 Å². The maximum atomic E-state index is 11.8. The van der Waals surface area contributed by atoms with Crippen LogP contribution in [-0.2, 0) is 0 Å². The number of hydrogen-bond donors (Lipinski definition) is 2. The summed E-state index contributed by atoms with van der Waals surface area (Å²) in [6, 6.07) is 3.70. The number of nitrogens with zero attached hydrogens (tertiary/aromatic N) is 1. The summed E-state index contributed by atoms with van der Waals surface area (Å²) in [5, 5.41) is 0. The average molecular weight is 252 g/mol. The Morgan fingerprint density at radius 1 is 1.31 bits per heavy atom. The first kappa shape index (κ1) is 12.5. The molecule has 0 unspecified atom stereocenters. The Labute approximate surface area is 94.3 Å². The minimum atomic E-state index is -4.74. The number of carbonyl (C=O) groups is 1. The zero-order valence-corrected chi connectivity index (χ0v) is 8.63.